The van der Waals surface area contributed by atoms with Crippen LogP contribution in [0.3, 0.4) is 0 Å². The zero-order valence-electron chi connectivity index (χ0n) is 9.83. The van der Waals surface area contributed by atoms with Crippen molar-refractivity contribution in [2.24, 2.45) is 11.1 Å². The lowest BCUT2D eigenvalue weighted by Crippen LogP contribution is -2.48. The van der Waals surface area contributed by atoms with Crippen molar-refractivity contribution in [3.8, 4) is 5.75 Å². The number of ether oxygens (including phenoxy) is 1. The molecule has 0 aliphatic heterocycles. The Kier molecular flexibility index (Phi) is 2.05. The molecule has 2 N–H and O–H groups in total. The van der Waals surface area contributed by atoms with E-state index in [4.69, 9.17) is 10.5 Å². The van der Waals surface area contributed by atoms with Crippen LogP contribution in [0.2, 0.25) is 0 Å². The van der Waals surface area contributed by atoms with E-state index in [2.05, 4.69) is 18.2 Å². The highest BCUT2D eigenvalue weighted by Crippen LogP contribution is 2.68. The zero-order valence-corrected chi connectivity index (χ0v) is 9.83. The monoisotopic (exact) mass is 217 g/mol. The van der Waals surface area contributed by atoms with Crippen molar-refractivity contribution >= 4 is 0 Å². The van der Waals surface area contributed by atoms with Gasteiger partial charge in [0.15, 0.2) is 0 Å². The largest absolute Gasteiger partial charge is 0.497 e. The minimum atomic E-state index is 0.241. The van der Waals surface area contributed by atoms with E-state index in [1.54, 1.807) is 7.11 Å². The standard InChI is InChI=1S/C14H19NO/c1-16-12-4-2-3-11(7-12)14(10-15)8-13(9-14)5-6-13/h2-4,7H,5-6,8-10,15H2,1H3. The Morgan fingerprint density at radius 2 is 2.06 bits per heavy atom. The average molecular weight is 217 g/mol. The van der Waals surface area contributed by atoms with Gasteiger partial charge in [-0.2, -0.15) is 0 Å². The third-order valence-electron chi connectivity index (χ3n) is 4.46. The Labute approximate surface area is 96.8 Å². The van der Waals surface area contributed by atoms with Crippen molar-refractivity contribution in [3.63, 3.8) is 0 Å². The molecule has 0 aromatic heterocycles. The van der Waals surface area contributed by atoms with Crippen molar-refractivity contribution < 1.29 is 4.74 Å². The van der Waals surface area contributed by atoms with Crippen LogP contribution in [0.1, 0.15) is 31.2 Å². The van der Waals surface area contributed by atoms with Crippen LogP contribution < -0.4 is 10.5 Å². The fourth-order valence-corrected chi connectivity index (χ4v) is 3.33. The molecule has 2 aliphatic carbocycles. The molecule has 0 atom stereocenters. The Bertz CT molecular complexity index is 401. The van der Waals surface area contributed by atoms with Crippen LogP contribution in [0.4, 0.5) is 0 Å². The van der Waals surface area contributed by atoms with Crippen molar-refractivity contribution in [2.75, 3.05) is 13.7 Å². The third kappa shape index (κ3) is 1.36. The lowest BCUT2D eigenvalue weighted by Gasteiger charge is -2.48. The second-order valence-corrected chi connectivity index (χ2v) is 5.57. The highest BCUT2D eigenvalue weighted by molar-refractivity contribution is 5.38. The molecule has 1 aromatic carbocycles. The summed E-state index contributed by atoms with van der Waals surface area (Å²) in [5.41, 5.74) is 8.29. The molecule has 2 fully saturated rings. The maximum absolute atomic E-state index is 6.00. The van der Waals surface area contributed by atoms with Gasteiger partial charge in [0.05, 0.1) is 7.11 Å². The predicted molar refractivity (Wildman–Crippen MR) is 64.6 cm³/mol. The van der Waals surface area contributed by atoms with Gasteiger partial charge in [-0.05, 0) is 48.8 Å². The van der Waals surface area contributed by atoms with Crippen LogP contribution in [0.25, 0.3) is 0 Å². The first-order chi connectivity index (χ1) is 7.72. The predicted octanol–water partition coefficient (Wildman–Crippen LogP) is 2.47. The van der Waals surface area contributed by atoms with Gasteiger partial charge >= 0.3 is 0 Å². The van der Waals surface area contributed by atoms with Crippen molar-refractivity contribution in [1.82, 2.24) is 0 Å². The second kappa shape index (κ2) is 3.24. The van der Waals surface area contributed by atoms with Crippen LogP contribution in [0, 0.1) is 5.41 Å². The van der Waals surface area contributed by atoms with E-state index in [9.17, 15) is 0 Å². The molecule has 0 unspecified atom stereocenters. The molecule has 3 rings (SSSR count). The van der Waals surface area contributed by atoms with Gasteiger partial charge < -0.3 is 10.5 Å². The van der Waals surface area contributed by atoms with E-state index in [0.717, 1.165) is 12.3 Å². The lowest BCUT2D eigenvalue weighted by molar-refractivity contribution is 0.126. The maximum atomic E-state index is 6.00. The van der Waals surface area contributed by atoms with Gasteiger partial charge in [0.25, 0.3) is 0 Å². The summed E-state index contributed by atoms with van der Waals surface area (Å²) in [6.07, 6.45) is 5.39. The summed E-state index contributed by atoms with van der Waals surface area (Å²) in [6.45, 7) is 0.766. The van der Waals surface area contributed by atoms with E-state index in [-0.39, 0.29) is 5.41 Å². The zero-order chi connectivity index (χ0) is 11.2. The summed E-state index contributed by atoms with van der Waals surface area (Å²) >= 11 is 0. The fraction of sp³-hybridized carbons (Fsp3) is 0.571. The van der Waals surface area contributed by atoms with E-state index in [1.807, 2.05) is 6.07 Å². The Balaban J connectivity index is 1.89. The molecule has 2 nitrogen and oxygen atoms in total. The number of hydrogen-bond acceptors (Lipinski definition) is 2. The molecule has 0 saturated heterocycles. The van der Waals surface area contributed by atoms with Crippen LogP contribution >= 0.6 is 0 Å². The van der Waals surface area contributed by atoms with Gasteiger partial charge in [-0.15, -0.1) is 0 Å². The number of nitrogens with two attached hydrogens (primary N) is 1. The topological polar surface area (TPSA) is 35.2 Å². The summed E-state index contributed by atoms with van der Waals surface area (Å²) in [6, 6.07) is 8.43. The Morgan fingerprint density at radius 1 is 1.31 bits per heavy atom. The number of rotatable bonds is 3. The van der Waals surface area contributed by atoms with Crippen molar-refractivity contribution in [3.05, 3.63) is 29.8 Å². The molecule has 2 heteroatoms. The number of benzene rings is 1. The minimum absolute atomic E-state index is 0.241. The first-order valence-corrected chi connectivity index (χ1v) is 6.07. The molecular formula is C14H19NO. The van der Waals surface area contributed by atoms with Crippen molar-refractivity contribution in [1.29, 1.82) is 0 Å². The summed E-state index contributed by atoms with van der Waals surface area (Å²) in [5, 5.41) is 0. The molecule has 1 spiro atoms. The molecule has 0 bridgehead atoms. The lowest BCUT2D eigenvalue weighted by atomic mass is 9.56. The summed E-state index contributed by atoms with van der Waals surface area (Å²) in [4.78, 5) is 0. The summed E-state index contributed by atoms with van der Waals surface area (Å²) in [5.74, 6) is 0.946. The molecule has 1 aromatic rings. The second-order valence-electron chi connectivity index (χ2n) is 5.57. The average Bonchev–Trinajstić information content (AvgIpc) is 3.07. The minimum Gasteiger partial charge on any atom is -0.497 e. The first-order valence-electron chi connectivity index (χ1n) is 6.07. The quantitative estimate of drug-likeness (QED) is 0.844. The first kappa shape index (κ1) is 10.2. The molecule has 0 heterocycles. The maximum Gasteiger partial charge on any atom is 0.119 e. The molecule has 2 aliphatic rings. The van der Waals surface area contributed by atoms with E-state index < -0.39 is 0 Å². The molecule has 16 heavy (non-hydrogen) atoms. The van der Waals surface area contributed by atoms with Gasteiger partial charge in [-0.25, -0.2) is 0 Å². The van der Waals surface area contributed by atoms with Crippen molar-refractivity contribution in [2.45, 2.75) is 31.1 Å². The molecule has 0 radical (unpaired) electrons. The van der Waals surface area contributed by atoms with Crippen LogP contribution in [0.5, 0.6) is 5.75 Å². The van der Waals surface area contributed by atoms with Crippen LogP contribution in [-0.4, -0.2) is 13.7 Å². The van der Waals surface area contributed by atoms with Gasteiger partial charge in [0.2, 0.25) is 0 Å². The highest BCUT2D eigenvalue weighted by Gasteiger charge is 2.60. The van der Waals surface area contributed by atoms with E-state index in [1.165, 1.54) is 31.2 Å². The summed E-state index contributed by atoms with van der Waals surface area (Å²) < 4.78 is 5.29. The number of methoxy groups -OCH3 is 1. The van der Waals surface area contributed by atoms with Gasteiger partial charge in [-0.1, -0.05) is 12.1 Å². The molecule has 0 amide bonds. The fourth-order valence-electron chi connectivity index (χ4n) is 3.33. The molecular weight excluding hydrogens is 198 g/mol. The normalized spacial score (nSPS) is 23.9. The van der Waals surface area contributed by atoms with Gasteiger partial charge in [0, 0.05) is 12.0 Å². The van der Waals surface area contributed by atoms with Gasteiger partial charge in [-0.3, -0.25) is 0 Å². The SMILES string of the molecule is COc1cccc(C2(CN)CC3(CC3)C2)c1. The number of hydrogen-bond donors (Lipinski definition) is 1. The van der Waals surface area contributed by atoms with Crippen LogP contribution in [0.15, 0.2) is 24.3 Å². The Hall–Kier alpha value is -1.02. The molecule has 2 saturated carbocycles. The van der Waals surface area contributed by atoms with Gasteiger partial charge in [0.1, 0.15) is 5.75 Å². The summed E-state index contributed by atoms with van der Waals surface area (Å²) in [7, 11) is 1.72. The van der Waals surface area contributed by atoms with Crippen LogP contribution in [-0.2, 0) is 5.41 Å². The third-order valence-corrected chi connectivity index (χ3v) is 4.46. The van der Waals surface area contributed by atoms with E-state index in [0.29, 0.717) is 5.41 Å². The molecule has 86 valence electrons. The van der Waals surface area contributed by atoms with E-state index >= 15 is 0 Å². The highest BCUT2D eigenvalue weighted by atomic mass is 16.5. The Morgan fingerprint density at radius 3 is 2.62 bits per heavy atom. The smallest absolute Gasteiger partial charge is 0.119 e.